The molecule has 1 amide bonds. The summed E-state index contributed by atoms with van der Waals surface area (Å²) in [7, 11) is 0. The fraction of sp³-hybridized carbons (Fsp3) is 0.286. The molecule has 0 aliphatic carbocycles. The Bertz CT molecular complexity index is 1060. The summed E-state index contributed by atoms with van der Waals surface area (Å²) in [5, 5.41) is 7.65. The molecule has 0 bridgehead atoms. The quantitative estimate of drug-likeness (QED) is 0.592. The van der Waals surface area contributed by atoms with E-state index in [1.165, 1.54) is 6.07 Å². The van der Waals surface area contributed by atoms with E-state index >= 15 is 0 Å². The first-order valence-electron chi connectivity index (χ1n) is 9.55. The van der Waals surface area contributed by atoms with Crippen LogP contribution >= 0.6 is 23.2 Å². The number of hydrogen-bond acceptors (Lipinski definition) is 5. The number of aromatic nitrogens is 2. The molecule has 1 saturated heterocycles. The minimum atomic E-state index is -0.447. The summed E-state index contributed by atoms with van der Waals surface area (Å²) in [4.78, 5) is 19.1. The lowest BCUT2D eigenvalue weighted by Crippen LogP contribution is -2.40. The average Bonchev–Trinajstić information content (AvgIpc) is 3.18. The summed E-state index contributed by atoms with van der Waals surface area (Å²) < 4.78 is 19.2. The Morgan fingerprint density at radius 3 is 2.90 bits per heavy atom. The van der Waals surface area contributed by atoms with E-state index in [1.54, 1.807) is 36.4 Å². The SMILES string of the molecule is O=C(Nc1ccccc1F)C1CCCN(Cc2nc(-c3ccc(Cl)cc3Cl)no2)C1. The minimum Gasteiger partial charge on any atom is -0.338 e. The molecule has 0 radical (unpaired) electrons. The lowest BCUT2D eigenvalue weighted by atomic mass is 9.97. The first-order valence-corrected chi connectivity index (χ1v) is 10.3. The predicted octanol–water partition coefficient (Wildman–Crippen LogP) is 5.03. The van der Waals surface area contributed by atoms with Gasteiger partial charge in [0, 0.05) is 17.1 Å². The number of halogens is 3. The van der Waals surface area contributed by atoms with Gasteiger partial charge in [-0.1, -0.05) is 40.5 Å². The second-order valence-electron chi connectivity index (χ2n) is 7.18. The highest BCUT2D eigenvalue weighted by molar-refractivity contribution is 6.36. The van der Waals surface area contributed by atoms with E-state index in [9.17, 15) is 9.18 Å². The average molecular weight is 449 g/mol. The molecule has 1 aliphatic rings. The molecule has 1 N–H and O–H groups in total. The minimum absolute atomic E-state index is 0.191. The van der Waals surface area contributed by atoms with Gasteiger partial charge in [0.25, 0.3) is 0 Å². The van der Waals surface area contributed by atoms with Gasteiger partial charge in [-0.2, -0.15) is 4.98 Å². The number of rotatable bonds is 5. The van der Waals surface area contributed by atoms with E-state index in [1.807, 2.05) is 0 Å². The molecule has 3 aromatic rings. The van der Waals surface area contributed by atoms with Crippen LogP contribution in [0.3, 0.4) is 0 Å². The molecule has 1 aromatic heterocycles. The lowest BCUT2D eigenvalue weighted by molar-refractivity contribution is -0.121. The Hall–Kier alpha value is -2.48. The molecule has 1 aliphatic heterocycles. The number of anilines is 1. The number of carbonyl (C=O) groups excluding carboxylic acids is 1. The lowest BCUT2D eigenvalue weighted by Gasteiger charge is -2.30. The Kier molecular flexibility index (Phi) is 6.32. The third kappa shape index (κ3) is 4.80. The molecular formula is C21H19Cl2FN4O2. The molecule has 4 rings (SSSR count). The van der Waals surface area contributed by atoms with Crippen molar-refractivity contribution in [2.24, 2.45) is 5.92 Å². The van der Waals surface area contributed by atoms with Crippen molar-refractivity contribution < 1.29 is 13.7 Å². The van der Waals surface area contributed by atoms with Crippen LogP contribution in [0.1, 0.15) is 18.7 Å². The van der Waals surface area contributed by atoms with Crippen molar-refractivity contribution in [2.75, 3.05) is 18.4 Å². The molecule has 1 fully saturated rings. The van der Waals surface area contributed by atoms with Crippen LogP contribution in [0.25, 0.3) is 11.4 Å². The molecule has 2 heterocycles. The van der Waals surface area contributed by atoms with Crippen molar-refractivity contribution >= 4 is 34.8 Å². The fourth-order valence-electron chi connectivity index (χ4n) is 3.50. The van der Waals surface area contributed by atoms with Gasteiger partial charge in [-0.15, -0.1) is 0 Å². The fourth-order valence-corrected chi connectivity index (χ4v) is 3.99. The molecule has 1 atom stereocenters. The van der Waals surface area contributed by atoms with E-state index in [0.717, 1.165) is 19.4 Å². The van der Waals surface area contributed by atoms with E-state index in [4.69, 9.17) is 27.7 Å². The predicted molar refractivity (Wildman–Crippen MR) is 113 cm³/mol. The van der Waals surface area contributed by atoms with Gasteiger partial charge in [-0.3, -0.25) is 9.69 Å². The van der Waals surface area contributed by atoms with Gasteiger partial charge in [-0.25, -0.2) is 4.39 Å². The van der Waals surface area contributed by atoms with Gasteiger partial charge in [0.1, 0.15) is 5.82 Å². The summed E-state index contributed by atoms with van der Waals surface area (Å²) >= 11 is 12.1. The van der Waals surface area contributed by atoms with Gasteiger partial charge in [0.2, 0.25) is 17.6 Å². The van der Waals surface area contributed by atoms with Crippen LogP contribution in [0, 0.1) is 11.7 Å². The smallest absolute Gasteiger partial charge is 0.241 e. The number of carbonyl (C=O) groups is 1. The topological polar surface area (TPSA) is 71.3 Å². The van der Waals surface area contributed by atoms with Crippen LogP contribution in [0.15, 0.2) is 47.0 Å². The molecule has 156 valence electrons. The second-order valence-corrected chi connectivity index (χ2v) is 8.02. The number of likely N-dealkylation sites (tertiary alicyclic amines) is 1. The van der Waals surface area contributed by atoms with Crippen molar-refractivity contribution in [1.29, 1.82) is 0 Å². The summed E-state index contributed by atoms with van der Waals surface area (Å²) in [6, 6.07) is 11.2. The summed E-state index contributed by atoms with van der Waals surface area (Å²) in [6.45, 7) is 1.75. The van der Waals surface area contributed by atoms with Crippen LogP contribution in [-0.2, 0) is 11.3 Å². The number of piperidine rings is 1. The zero-order valence-corrected chi connectivity index (χ0v) is 17.5. The Balaban J connectivity index is 1.39. The molecule has 0 spiro atoms. The third-order valence-corrected chi connectivity index (χ3v) is 5.55. The first-order chi connectivity index (χ1) is 14.5. The third-order valence-electron chi connectivity index (χ3n) is 5.01. The van der Waals surface area contributed by atoms with Crippen LogP contribution < -0.4 is 5.32 Å². The molecule has 30 heavy (non-hydrogen) atoms. The first kappa shape index (κ1) is 20.8. The van der Waals surface area contributed by atoms with E-state index in [-0.39, 0.29) is 17.5 Å². The maximum Gasteiger partial charge on any atom is 0.241 e. The molecule has 9 heteroatoms. The monoisotopic (exact) mass is 448 g/mol. The van der Waals surface area contributed by atoms with Gasteiger partial charge >= 0.3 is 0 Å². The number of hydrogen-bond donors (Lipinski definition) is 1. The van der Waals surface area contributed by atoms with Gasteiger partial charge in [0.05, 0.1) is 23.2 Å². The number of amides is 1. The van der Waals surface area contributed by atoms with E-state index in [2.05, 4.69) is 20.4 Å². The van der Waals surface area contributed by atoms with Crippen LogP contribution in [0.5, 0.6) is 0 Å². The number of nitrogens with one attached hydrogen (secondary N) is 1. The molecule has 2 aromatic carbocycles. The molecule has 0 saturated carbocycles. The number of nitrogens with zero attached hydrogens (tertiary/aromatic N) is 3. The zero-order chi connectivity index (χ0) is 21.1. The van der Waals surface area contributed by atoms with Crippen molar-refractivity contribution in [1.82, 2.24) is 15.0 Å². The van der Waals surface area contributed by atoms with Crippen LogP contribution in [0.4, 0.5) is 10.1 Å². The van der Waals surface area contributed by atoms with Crippen molar-refractivity contribution in [3.05, 3.63) is 64.2 Å². The highest BCUT2D eigenvalue weighted by Gasteiger charge is 2.27. The standard InChI is InChI=1S/C21H19Cl2FN4O2/c22-14-7-8-15(16(23)10-14)20-26-19(30-27-20)12-28-9-3-4-13(11-28)21(29)25-18-6-2-1-5-17(18)24/h1-2,5-8,10,13H,3-4,9,11-12H2,(H,25,29). The van der Waals surface area contributed by atoms with Crippen molar-refractivity contribution in [3.8, 4) is 11.4 Å². The van der Waals surface area contributed by atoms with Crippen molar-refractivity contribution in [2.45, 2.75) is 19.4 Å². The molecular weight excluding hydrogens is 430 g/mol. The summed E-state index contributed by atoms with van der Waals surface area (Å²) in [6.07, 6.45) is 1.59. The zero-order valence-electron chi connectivity index (χ0n) is 15.9. The van der Waals surface area contributed by atoms with Gasteiger partial charge in [-0.05, 0) is 49.7 Å². The molecule has 6 nitrogen and oxygen atoms in total. The Morgan fingerprint density at radius 2 is 2.10 bits per heavy atom. The Morgan fingerprint density at radius 1 is 1.27 bits per heavy atom. The Labute approximate surface area is 183 Å². The summed E-state index contributed by atoms with van der Waals surface area (Å²) in [5.41, 5.74) is 0.831. The van der Waals surface area contributed by atoms with Gasteiger partial charge in [0.15, 0.2) is 0 Å². The van der Waals surface area contributed by atoms with E-state index in [0.29, 0.717) is 40.4 Å². The van der Waals surface area contributed by atoms with Crippen LogP contribution in [0.2, 0.25) is 10.0 Å². The van der Waals surface area contributed by atoms with E-state index < -0.39 is 5.82 Å². The number of para-hydroxylation sites is 1. The van der Waals surface area contributed by atoms with Gasteiger partial charge < -0.3 is 9.84 Å². The summed E-state index contributed by atoms with van der Waals surface area (Å²) in [5.74, 6) is -0.0584. The largest absolute Gasteiger partial charge is 0.338 e. The maximum atomic E-state index is 13.8. The van der Waals surface area contributed by atoms with Crippen LogP contribution in [-0.4, -0.2) is 34.0 Å². The highest BCUT2D eigenvalue weighted by Crippen LogP contribution is 2.29. The second kappa shape index (κ2) is 9.12. The highest BCUT2D eigenvalue weighted by atomic mass is 35.5. The van der Waals surface area contributed by atoms with Crippen molar-refractivity contribution in [3.63, 3.8) is 0 Å². The number of benzene rings is 2. The normalized spacial score (nSPS) is 17.1. The molecule has 1 unspecified atom stereocenters. The maximum absolute atomic E-state index is 13.8.